The first kappa shape index (κ1) is 27.5. The average molecular weight is 604 g/mol. The molecule has 8 heteroatoms. The minimum Gasteiger partial charge on any atom is -0.483 e. The van der Waals surface area contributed by atoms with Crippen molar-refractivity contribution < 1.29 is 14.3 Å². The third kappa shape index (κ3) is 7.97. The first-order chi connectivity index (χ1) is 17.9. The molecule has 2 amide bonds. The summed E-state index contributed by atoms with van der Waals surface area (Å²) >= 11 is 15.6. The fraction of sp³-hybridized carbons (Fsp3) is 0.310. The second kappa shape index (κ2) is 13.3. The summed E-state index contributed by atoms with van der Waals surface area (Å²) in [5, 5.41) is 4.37. The Labute approximate surface area is 236 Å². The lowest BCUT2D eigenvalue weighted by atomic mass is 10.0. The molecule has 0 heterocycles. The number of hydrogen-bond donors (Lipinski definition) is 1. The predicted octanol–water partition coefficient (Wildman–Crippen LogP) is 6.83. The smallest absolute Gasteiger partial charge is 0.261 e. The van der Waals surface area contributed by atoms with Crippen LogP contribution in [-0.4, -0.2) is 35.4 Å². The van der Waals surface area contributed by atoms with Crippen LogP contribution in [0.25, 0.3) is 0 Å². The fourth-order valence-electron chi connectivity index (χ4n) is 4.52. The van der Waals surface area contributed by atoms with Gasteiger partial charge in [0.15, 0.2) is 6.61 Å². The van der Waals surface area contributed by atoms with E-state index in [4.69, 9.17) is 27.9 Å². The van der Waals surface area contributed by atoms with E-state index in [9.17, 15) is 9.59 Å². The summed E-state index contributed by atoms with van der Waals surface area (Å²) in [4.78, 5) is 29.0. The molecule has 0 aromatic heterocycles. The second-order valence-corrected chi connectivity index (χ2v) is 10.9. The maximum atomic E-state index is 13.7. The zero-order valence-corrected chi connectivity index (χ0v) is 23.4. The number of nitrogens with one attached hydrogen (secondary N) is 1. The van der Waals surface area contributed by atoms with E-state index in [-0.39, 0.29) is 31.0 Å². The van der Waals surface area contributed by atoms with E-state index in [0.717, 1.165) is 36.8 Å². The van der Waals surface area contributed by atoms with Gasteiger partial charge in [0.1, 0.15) is 11.8 Å². The summed E-state index contributed by atoms with van der Waals surface area (Å²) in [6, 6.07) is 21.6. The van der Waals surface area contributed by atoms with E-state index in [1.54, 1.807) is 35.2 Å². The normalized spacial score (nSPS) is 14.2. The quantitative estimate of drug-likeness (QED) is 0.276. The SMILES string of the molecule is O=C(NC1CCCC1)[C@H](Cc1ccccc1)N(Cc1ccc(Cl)cc1)C(=O)COc1ccc(Cl)cc1Br. The highest BCUT2D eigenvalue weighted by Gasteiger charge is 2.32. The van der Waals surface area contributed by atoms with Gasteiger partial charge in [-0.2, -0.15) is 0 Å². The molecule has 1 fully saturated rings. The van der Waals surface area contributed by atoms with Crippen LogP contribution >= 0.6 is 39.1 Å². The van der Waals surface area contributed by atoms with Crippen LogP contribution in [0.4, 0.5) is 0 Å². The van der Waals surface area contributed by atoms with Gasteiger partial charge in [-0.25, -0.2) is 0 Å². The molecule has 37 heavy (non-hydrogen) atoms. The summed E-state index contributed by atoms with van der Waals surface area (Å²) < 4.78 is 6.51. The molecular formula is C29H29BrCl2N2O3. The van der Waals surface area contributed by atoms with E-state index in [1.807, 2.05) is 42.5 Å². The summed E-state index contributed by atoms with van der Waals surface area (Å²) in [5.74, 6) is 0.0595. The Bertz CT molecular complexity index is 1200. The van der Waals surface area contributed by atoms with Gasteiger partial charge in [-0.3, -0.25) is 9.59 Å². The molecule has 0 aliphatic heterocycles. The maximum absolute atomic E-state index is 13.7. The van der Waals surface area contributed by atoms with E-state index in [0.29, 0.717) is 26.7 Å². The third-order valence-electron chi connectivity index (χ3n) is 6.48. The van der Waals surface area contributed by atoms with Crippen LogP contribution < -0.4 is 10.1 Å². The van der Waals surface area contributed by atoms with Crippen LogP contribution in [0.5, 0.6) is 5.75 Å². The largest absolute Gasteiger partial charge is 0.483 e. The van der Waals surface area contributed by atoms with E-state index in [1.165, 1.54) is 0 Å². The molecule has 194 valence electrons. The molecule has 1 saturated carbocycles. The van der Waals surface area contributed by atoms with Crippen LogP contribution in [0.15, 0.2) is 77.3 Å². The summed E-state index contributed by atoms with van der Waals surface area (Å²) in [6.07, 6.45) is 4.52. The Morgan fingerprint density at radius 3 is 2.30 bits per heavy atom. The van der Waals surface area contributed by atoms with Crippen molar-refractivity contribution in [3.63, 3.8) is 0 Å². The highest BCUT2D eigenvalue weighted by atomic mass is 79.9. The molecule has 0 saturated heterocycles. The van der Waals surface area contributed by atoms with E-state index < -0.39 is 6.04 Å². The Balaban J connectivity index is 1.61. The van der Waals surface area contributed by atoms with Crippen LogP contribution in [-0.2, 0) is 22.6 Å². The Hall–Kier alpha value is -2.54. The molecule has 1 N–H and O–H groups in total. The number of carbonyl (C=O) groups excluding carboxylic acids is 2. The number of halogens is 3. The number of carbonyl (C=O) groups is 2. The summed E-state index contributed by atoms with van der Waals surface area (Å²) in [7, 11) is 0. The minimum absolute atomic E-state index is 0.138. The number of ether oxygens (including phenoxy) is 1. The van der Waals surface area contributed by atoms with Gasteiger partial charge in [0.25, 0.3) is 5.91 Å². The number of nitrogens with zero attached hydrogens (tertiary/aromatic N) is 1. The fourth-order valence-corrected chi connectivity index (χ4v) is 5.45. The van der Waals surface area contributed by atoms with Crippen molar-refractivity contribution in [1.29, 1.82) is 0 Å². The van der Waals surface area contributed by atoms with Gasteiger partial charge in [0, 0.05) is 29.1 Å². The summed E-state index contributed by atoms with van der Waals surface area (Å²) in [6.45, 7) is 0.0204. The molecule has 3 aromatic rings. The minimum atomic E-state index is -0.705. The van der Waals surface area contributed by atoms with E-state index >= 15 is 0 Å². The van der Waals surface area contributed by atoms with Crippen molar-refractivity contribution in [1.82, 2.24) is 10.2 Å². The molecule has 1 atom stereocenters. The number of benzene rings is 3. The number of rotatable bonds is 10. The van der Waals surface area contributed by atoms with Gasteiger partial charge in [-0.1, -0.05) is 78.5 Å². The Morgan fingerprint density at radius 2 is 1.62 bits per heavy atom. The van der Waals surface area contributed by atoms with E-state index in [2.05, 4.69) is 21.2 Å². The van der Waals surface area contributed by atoms with Crippen molar-refractivity contribution in [2.75, 3.05) is 6.61 Å². The second-order valence-electron chi connectivity index (χ2n) is 9.21. The van der Waals surface area contributed by atoms with Gasteiger partial charge in [-0.15, -0.1) is 0 Å². The predicted molar refractivity (Wildman–Crippen MR) is 151 cm³/mol. The average Bonchev–Trinajstić information content (AvgIpc) is 3.40. The van der Waals surface area contributed by atoms with Crippen molar-refractivity contribution in [3.05, 3.63) is 98.4 Å². The van der Waals surface area contributed by atoms with Crippen molar-refractivity contribution in [2.45, 2.75) is 50.7 Å². The number of amides is 2. The lowest BCUT2D eigenvalue weighted by Gasteiger charge is -2.32. The maximum Gasteiger partial charge on any atom is 0.261 e. The highest BCUT2D eigenvalue weighted by molar-refractivity contribution is 9.10. The molecule has 1 aliphatic rings. The molecule has 3 aromatic carbocycles. The topological polar surface area (TPSA) is 58.6 Å². The van der Waals surface area contributed by atoms with Crippen LogP contribution in [0.2, 0.25) is 10.0 Å². The van der Waals surface area contributed by atoms with Gasteiger partial charge < -0.3 is 15.0 Å². The zero-order valence-electron chi connectivity index (χ0n) is 20.3. The van der Waals surface area contributed by atoms with Gasteiger partial charge in [0.2, 0.25) is 5.91 Å². The molecule has 1 aliphatic carbocycles. The molecule has 0 bridgehead atoms. The Morgan fingerprint density at radius 1 is 0.946 bits per heavy atom. The molecular weight excluding hydrogens is 575 g/mol. The zero-order chi connectivity index (χ0) is 26.2. The van der Waals surface area contributed by atoms with Crippen molar-refractivity contribution >= 4 is 50.9 Å². The first-order valence-electron chi connectivity index (χ1n) is 12.3. The van der Waals surface area contributed by atoms with Crippen molar-refractivity contribution in [2.24, 2.45) is 0 Å². The molecule has 0 radical (unpaired) electrons. The van der Waals surface area contributed by atoms with Gasteiger partial charge >= 0.3 is 0 Å². The lowest BCUT2D eigenvalue weighted by molar-refractivity contribution is -0.143. The monoisotopic (exact) mass is 602 g/mol. The molecule has 5 nitrogen and oxygen atoms in total. The molecule has 4 rings (SSSR count). The lowest BCUT2D eigenvalue weighted by Crippen LogP contribution is -2.53. The third-order valence-corrected chi connectivity index (χ3v) is 7.59. The Kier molecular flexibility index (Phi) is 9.89. The molecule has 0 unspecified atom stereocenters. The number of hydrogen-bond acceptors (Lipinski definition) is 3. The van der Waals surface area contributed by atoms with Crippen LogP contribution in [0.1, 0.15) is 36.8 Å². The standard InChI is InChI=1S/C29H29BrCl2N2O3/c30-25-17-23(32)14-15-27(25)37-19-28(35)34(18-21-10-12-22(31)13-11-21)26(16-20-6-2-1-3-7-20)29(36)33-24-8-4-5-9-24/h1-3,6-7,10-15,17,24,26H,4-5,8-9,16,18-19H2,(H,33,36)/t26-/m0/s1. The summed E-state index contributed by atoms with van der Waals surface area (Å²) in [5.41, 5.74) is 1.85. The van der Waals surface area contributed by atoms with Crippen molar-refractivity contribution in [3.8, 4) is 5.75 Å². The van der Waals surface area contributed by atoms with Crippen LogP contribution in [0.3, 0.4) is 0 Å². The van der Waals surface area contributed by atoms with Crippen LogP contribution in [0, 0.1) is 0 Å². The highest BCUT2D eigenvalue weighted by Crippen LogP contribution is 2.28. The van der Waals surface area contributed by atoms with Gasteiger partial charge in [-0.05, 0) is 70.2 Å². The van der Waals surface area contributed by atoms with Gasteiger partial charge in [0.05, 0.1) is 4.47 Å². The first-order valence-corrected chi connectivity index (χ1v) is 13.9. The molecule has 0 spiro atoms.